The highest BCUT2D eigenvalue weighted by atomic mass is 14.9. The Bertz CT molecular complexity index is 479. The van der Waals surface area contributed by atoms with Gasteiger partial charge >= 0.3 is 0 Å². The van der Waals surface area contributed by atoms with E-state index in [0.29, 0.717) is 0 Å². The predicted molar refractivity (Wildman–Crippen MR) is 143 cm³/mol. The maximum atomic E-state index is 2.51. The molecule has 186 valence electrons. The highest BCUT2D eigenvalue weighted by Gasteiger charge is 2.07. The summed E-state index contributed by atoms with van der Waals surface area (Å²) < 4.78 is 2.41. The van der Waals surface area contributed by atoms with Gasteiger partial charge in [-0.25, -0.2) is 4.57 Å². The van der Waals surface area contributed by atoms with E-state index in [1.165, 1.54) is 141 Å². The van der Waals surface area contributed by atoms with Crippen LogP contribution in [0.15, 0.2) is 18.5 Å². The van der Waals surface area contributed by atoms with E-state index in [1.807, 2.05) is 0 Å². The van der Waals surface area contributed by atoms with Gasteiger partial charge in [-0.05, 0) is 38.7 Å². The highest BCUT2D eigenvalue weighted by Crippen LogP contribution is 2.15. The van der Waals surface area contributed by atoms with Crippen molar-refractivity contribution in [3.8, 4) is 0 Å². The molecule has 0 amide bonds. The van der Waals surface area contributed by atoms with Crippen LogP contribution in [-0.2, 0) is 19.4 Å². The van der Waals surface area contributed by atoms with Gasteiger partial charge in [0.05, 0.1) is 0 Å². The summed E-state index contributed by atoms with van der Waals surface area (Å²) in [5.74, 6) is 0. The van der Waals surface area contributed by atoms with Gasteiger partial charge in [0, 0.05) is 11.1 Å². The molecule has 1 aromatic rings. The van der Waals surface area contributed by atoms with Crippen molar-refractivity contribution in [1.82, 2.24) is 0 Å². The molecule has 0 saturated carbocycles. The Morgan fingerprint density at radius 2 is 0.750 bits per heavy atom. The fourth-order valence-electron chi connectivity index (χ4n) is 4.87. The quantitative estimate of drug-likeness (QED) is 0.117. The number of nitrogens with zero attached hydrogens (tertiary/aromatic N) is 1. The largest absolute Gasteiger partial charge is 0.205 e. The second kappa shape index (κ2) is 22.0. The van der Waals surface area contributed by atoms with Crippen LogP contribution in [0.25, 0.3) is 0 Å². The van der Waals surface area contributed by atoms with E-state index in [1.54, 1.807) is 11.1 Å². The van der Waals surface area contributed by atoms with Crippen molar-refractivity contribution in [2.75, 3.05) is 0 Å². The van der Waals surface area contributed by atoms with E-state index in [9.17, 15) is 0 Å². The third-order valence-electron chi connectivity index (χ3n) is 7.04. The lowest BCUT2D eigenvalue weighted by atomic mass is 10.0. The fourth-order valence-corrected chi connectivity index (χ4v) is 4.87. The van der Waals surface area contributed by atoms with E-state index >= 15 is 0 Å². The first-order chi connectivity index (χ1) is 15.8. The van der Waals surface area contributed by atoms with Gasteiger partial charge in [-0.15, -0.1) is 0 Å². The zero-order chi connectivity index (χ0) is 23.1. The Labute approximate surface area is 202 Å². The molecule has 0 N–H and O–H groups in total. The summed E-state index contributed by atoms with van der Waals surface area (Å²) in [5, 5.41) is 0. The second-order valence-electron chi connectivity index (χ2n) is 10.2. The normalized spacial score (nSPS) is 11.3. The van der Waals surface area contributed by atoms with Gasteiger partial charge in [0.25, 0.3) is 0 Å². The predicted octanol–water partition coefficient (Wildman–Crippen LogP) is 9.92. The molecular formula is C31H58N+. The lowest BCUT2D eigenvalue weighted by Gasteiger charge is -2.06. The Hall–Kier alpha value is -0.850. The van der Waals surface area contributed by atoms with Crippen LogP contribution in [0.3, 0.4) is 0 Å². The summed E-state index contributed by atoms with van der Waals surface area (Å²) >= 11 is 0. The van der Waals surface area contributed by atoms with Crippen molar-refractivity contribution >= 4 is 0 Å². The molecule has 0 spiro atoms. The molecule has 1 aromatic heterocycles. The van der Waals surface area contributed by atoms with Crippen LogP contribution >= 0.6 is 0 Å². The van der Waals surface area contributed by atoms with Gasteiger partial charge in [-0.2, -0.15) is 0 Å². The molecule has 0 fully saturated rings. The standard InChI is InChI=1S/C31H58N/c1-4-7-9-11-13-15-17-19-21-23-25-30-27-31(29-32(6-3)28-30)26-24-22-20-18-16-14-12-10-8-5-2/h27-29H,4-26H2,1-3H3/q+1. The molecule has 1 rings (SSSR count). The SMILES string of the molecule is CCCCCCCCCCCCc1cc(CCCCCCCCCCCC)c[n+](CC)c1. The number of rotatable bonds is 23. The number of hydrogen-bond acceptors (Lipinski definition) is 0. The zero-order valence-corrected chi connectivity index (χ0v) is 22.4. The van der Waals surface area contributed by atoms with Crippen LogP contribution in [0.2, 0.25) is 0 Å². The number of hydrogen-bond donors (Lipinski definition) is 0. The number of pyridine rings is 1. The summed E-state index contributed by atoms with van der Waals surface area (Å²) in [6.07, 6.45) is 35.8. The molecule has 0 atom stereocenters. The summed E-state index contributed by atoms with van der Waals surface area (Å²) in [4.78, 5) is 0. The molecule has 1 heteroatoms. The van der Waals surface area contributed by atoms with Crippen molar-refractivity contribution in [2.24, 2.45) is 0 Å². The molecule has 0 radical (unpaired) electrons. The monoisotopic (exact) mass is 444 g/mol. The molecular weight excluding hydrogens is 386 g/mol. The average molecular weight is 445 g/mol. The van der Waals surface area contributed by atoms with Gasteiger partial charge in [-0.1, -0.05) is 129 Å². The Morgan fingerprint density at radius 1 is 0.438 bits per heavy atom. The lowest BCUT2D eigenvalue weighted by Crippen LogP contribution is -2.32. The second-order valence-corrected chi connectivity index (χ2v) is 10.2. The molecule has 0 aromatic carbocycles. The van der Waals surface area contributed by atoms with Crippen molar-refractivity contribution in [1.29, 1.82) is 0 Å². The molecule has 0 unspecified atom stereocenters. The maximum Gasteiger partial charge on any atom is 0.171 e. The van der Waals surface area contributed by atoms with E-state index in [4.69, 9.17) is 0 Å². The van der Waals surface area contributed by atoms with Crippen LogP contribution < -0.4 is 4.57 Å². The minimum atomic E-state index is 1.09. The molecule has 32 heavy (non-hydrogen) atoms. The fraction of sp³-hybridized carbons (Fsp3) is 0.839. The number of aromatic nitrogens is 1. The Morgan fingerprint density at radius 3 is 1.06 bits per heavy atom. The smallest absolute Gasteiger partial charge is 0.171 e. The van der Waals surface area contributed by atoms with E-state index in [0.717, 1.165) is 6.54 Å². The zero-order valence-electron chi connectivity index (χ0n) is 22.4. The Balaban J connectivity index is 2.13. The van der Waals surface area contributed by atoms with E-state index in [-0.39, 0.29) is 0 Å². The third-order valence-corrected chi connectivity index (χ3v) is 7.04. The van der Waals surface area contributed by atoms with E-state index in [2.05, 4.69) is 43.8 Å². The molecule has 0 saturated heterocycles. The van der Waals surface area contributed by atoms with Crippen molar-refractivity contribution in [2.45, 2.75) is 169 Å². The van der Waals surface area contributed by atoms with Gasteiger partial charge < -0.3 is 0 Å². The summed E-state index contributed by atoms with van der Waals surface area (Å²) in [5.41, 5.74) is 3.13. The van der Waals surface area contributed by atoms with Crippen molar-refractivity contribution in [3.05, 3.63) is 29.6 Å². The molecule has 1 heterocycles. The van der Waals surface area contributed by atoms with Crippen LogP contribution in [0.1, 0.15) is 160 Å². The van der Waals surface area contributed by atoms with Crippen LogP contribution in [0, 0.1) is 0 Å². The molecule has 0 aliphatic heterocycles. The minimum absolute atomic E-state index is 1.09. The summed E-state index contributed by atoms with van der Waals surface area (Å²) in [6, 6.07) is 2.51. The minimum Gasteiger partial charge on any atom is -0.205 e. The molecule has 0 bridgehead atoms. The topological polar surface area (TPSA) is 3.88 Å². The first-order valence-corrected chi connectivity index (χ1v) is 14.8. The van der Waals surface area contributed by atoms with Gasteiger partial charge in [0.2, 0.25) is 0 Å². The molecule has 0 aliphatic carbocycles. The lowest BCUT2D eigenvalue weighted by molar-refractivity contribution is -0.694. The Kier molecular flexibility index (Phi) is 20.0. The molecule has 1 nitrogen and oxygen atoms in total. The first-order valence-electron chi connectivity index (χ1n) is 14.8. The third kappa shape index (κ3) is 16.7. The molecule has 0 aliphatic rings. The number of unbranched alkanes of at least 4 members (excludes halogenated alkanes) is 18. The highest BCUT2D eigenvalue weighted by molar-refractivity contribution is 5.15. The van der Waals surface area contributed by atoms with Crippen molar-refractivity contribution < 1.29 is 4.57 Å². The summed E-state index contributed by atoms with van der Waals surface area (Å²) in [6.45, 7) is 7.97. The van der Waals surface area contributed by atoms with Crippen LogP contribution in [0.4, 0.5) is 0 Å². The van der Waals surface area contributed by atoms with Crippen molar-refractivity contribution in [3.63, 3.8) is 0 Å². The van der Waals surface area contributed by atoms with E-state index < -0.39 is 0 Å². The van der Waals surface area contributed by atoms with Crippen LogP contribution in [-0.4, -0.2) is 0 Å². The maximum absolute atomic E-state index is 2.51. The first kappa shape index (κ1) is 29.2. The van der Waals surface area contributed by atoms with Gasteiger partial charge in [0.1, 0.15) is 6.54 Å². The average Bonchev–Trinajstić information content (AvgIpc) is 2.81. The van der Waals surface area contributed by atoms with Gasteiger partial charge in [-0.3, -0.25) is 0 Å². The van der Waals surface area contributed by atoms with Gasteiger partial charge in [0.15, 0.2) is 12.4 Å². The summed E-state index contributed by atoms with van der Waals surface area (Å²) in [7, 11) is 0. The number of aryl methyl sites for hydroxylation is 3. The van der Waals surface area contributed by atoms with Crippen LogP contribution in [0.5, 0.6) is 0 Å².